The maximum atomic E-state index is 12.2. The molecule has 0 aromatic heterocycles. The number of alkyl carbamates (subject to hydrolysis) is 1. The van der Waals surface area contributed by atoms with E-state index in [9.17, 15) is 19.8 Å². The number of aliphatic hydroxyl groups is 1. The molecular weight excluding hydrogens is 508 g/mol. The Morgan fingerprint density at radius 3 is 2.50 bits per heavy atom. The van der Waals surface area contributed by atoms with Crippen LogP contribution in [0.4, 0.5) is 4.79 Å². The van der Waals surface area contributed by atoms with E-state index in [2.05, 4.69) is 15.7 Å². The number of benzene rings is 2. The molecule has 2 unspecified atom stereocenters. The Kier molecular flexibility index (Phi) is 8.64. The lowest BCUT2D eigenvalue weighted by molar-refractivity contribution is -0.139. The quantitative estimate of drug-likeness (QED) is 0.277. The van der Waals surface area contributed by atoms with E-state index < -0.39 is 29.8 Å². The zero-order valence-electron chi connectivity index (χ0n) is 22.8. The number of ether oxygens (including phenoxy) is 1. The first-order chi connectivity index (χ1) is 19.1. The van der Waals surface area contributed by atoms with Crippen LogP contribution in [0.3, 0.4) is 0 Å². The Hall–Kier alpha value is -4.50. The summed E-state index contributed by atoms with van der Waals surface area (Å²) in [6.07, 6.45) is 6.88. The molecule has 40 heavy (non-hydrogen) atoms. The van der Waals surface area contributed by atoms with Crippen molar-refractivity contribution in [1.29, 1.82) is 5.53 Å². The van der Waals surface area contributed by atoms with Gasteiger partial charge >= 0.3 is 12.1 Å². The van der Waals surface area contributed by atoms with Gasteiger partial charge in [-0.05, 0) is 43.5 Å². The number of allylic oxidation sites excluding steroid dienone is 4. The first-order valence-electron chi connectivity index (χ1n) is 13.1. The fourth-order valence-electron chi connectivity index (χ4n) is 4.71. The smallest absolute Gasteiger partial charge is 0.408 e. The van der Waals surface area contributed by atoms with Gasteiger partial charge in [-0.1, -0.05) is 66.8 Å². The molecule has 0 bridgehead atoms. The number of nitrogens with zero attached hydrogens (tertiary/aromatic N) is 1. The Morgan fingerprint density at radius 2 is 1.80 bits per heavy atom. The van der Waals surface area contributed by atoms with E-state index in [0.29, 0.717) is 40.9 Å². The number of aliphatic hydroxyl groups excluding tert-OH is 1. The summed E-state index contributed by atoms with van der Waals surface area (Å²) < 4.78 is 5.22. The van der Waals surface area contributed by atoms with Crippen LogP contribution in [0.5, 0.6) is 0 Å². The highest BCUT2D eigenvalue weighted by atomic mass is 16.6. The molecule has 1 amide bonds. The number of carbonyl (C=O) groups excluding carboxylic acids is 1. The van der Waals surface area contributed by atoms with Gasteiger partial charge in [0, 0.05) is 36.1 Å². The van der Waals surface area contributed by atoms with E-state index in [1.54, 1.807) is 20.8 Å². The third-order valence-corrected chi connectivity index (χ3v) is 6.51. The van der Waals surface area contributed by atoms with Gasteiger partial charge in [-0.2, -0.15) is 5.11 Å². The van der Waals surface area contributed by atoms with Crippen molar-refractivity contribution in [2.75, 3.05) is 0 Å². The van der Waals surface area contributed by atoms with Gasteiger partial charge < -0.3 is 25.6 Å². The zero-order chi connectivity index (χ0) is 28.9. The number of amides is 1. The van der Waals surface area contributed by atoms with Crippen LogP contribution in [0, 0.1) is 5.53 Å². The predicted molar refractivity (Wildman–Crippen MR) is 152 cm³/mol. The highest BCUT2D eigenvalue weighted by Gasteiger charge is 2.26. The highest BCUT2D eigenvalue weighted by molar-refractivity contribution is 5.92. The van der Waals surface area contributed by atoms with E-state index in [1.165, 1.54) is 0 Å². The molecule has 0 aliphatic heterocycles. The summed E-state index contributed by atoms with van der Waals surface area (Å²) in [4.78, 5) is 24.0. The second kappa shape index (κ2) is 12.1. The molecule has 0 fully saturated rings. The third-order valence-electron chi connectivity index (χ3n) is 6.51. The zero-order valence-corrected chi connectivity index (χ0v) is 22.8. The van der Waals surface area contributed by atoms with Gasteiger partial charge in [-0.25, -0.2) is 15.1 Å². The van der Waals surface area contributed by atoms with Gasteiger partial charge in [0.2, 0.25) is 0 Å². The minimum atomic E-state index is -1.16. The fraction of sp³-hybridized carbons (Fsp3) is 0.290. The number of fused-ring (bicyclic) bond motifs is 2. The monoisotopic (exact) mass is 542 g/mol. The van der Waals surface area contributed by atoms with Crippen LogP contribution < -0.4 is 10.6 Å². The van der Waals surface area contributed by atoms with Crippen LogP contribution in [0.2, 0.25) is 0 Å². The topological polar surface area (TPSA) is 144 Å². The Bertz CT molecular complexity index is 1430. The lowest BCUT2D eigenvalue weighted by Crippen LogP contribution is -2.43. The Labute approximate surface area is 233 Å². The average Bonchev–Trinajstić information content (AvgIpc) is 3.12. The largest absolute Gasteiger partial charge is 0.480 e. The number of carboxylic acids is 1. The molecule has 0 spiro atoms. The van der Waals surface area contributed by atoms with Crippen molar-refractivity contribution in [1.82, 2.24) is 10.6 Å². The van der Waals surface area contributed by atoms with E-state index in [-0.39, 0.29) is 6.42 Å². The summed E-state index contributed by atoms with van der Waals surface area (Å²) >= 11 is 0. The van der Waals surface area contributed by atoms with Crippen LogP contribution in [-0.2, 0) is 16.0 Å². The number of hydrogen-bond donors (Lipinski definition) is 5. The lowest BCUT2D eigenvalue weighted by atomic mass is 9.88. The van der Waals surface area contributed by atoms with Crippen molar-refractivity contribution in [2.24, 2.45) is 5.11 Å². The standard InChI is InChI=1S/C31H34N4O5/c1-31(2,3)40-30(39)34-25(29(37)38)17-19-9-8-11-21(16-15-19)33-27-22-12-5-4-10-20(22)18-26(36)23-13-6-7-14-24(23)28(27)35-32/h4-10,12-16,25-26,32-33,36H,11,17-18H2,1-3H3,(H,34,39)(H,37,38)/b28-27-,35-32?. The fourth-order valence-corrected chi connectivity index (χ4v) is 4.71. The van der Waals surface area contributed by atoms with E-state index in [0.717, 1.165) is 16.8 Å². The van der Waals surface area contributed by atoms with Gasteiger partial charge in [0.15, 0.2) is 0 Å². The maximum Gasteiger partial charge on any atom is 0.408 e. The van der Waals surface area contributed by atoms with Crippen LogP contribution in [0.15, 0.2) is 89.2 Å². The number of rotatable bonds is 7. The summed E-state index contributed by atoms with van der Waals surface area (Å²) in [5.74, 6) is -1.16. The van der Waals surface area contributed by atoms with E-state index >= 15 is 0 Å². The van der Waals surface area contributed by atoms with E-state index in [4.69, 9.17) is 10.3 Å². The SMILES string of the molecule is CC(C)(C)OC(=O)NC(CC1=CC=C(N/C2=C(\N=N)c3ccccc3C(O)Cc3ccccc32)CC=C1)C(=O)O. The third kappa shape index (κ3) is 6.92. The summed E-state index contributed by atoms with van der Waals surface area (Å²) in [6, 6.07) is 14.0. The van der Waals surface area contributed by atoms with Gasteiger partial charge in [0.05, 0.1) is 11.8 Å². The average molecular weight is 543 g/mol. The number of carbonyl (C=O) groups is 2. The van der Waals surface area contributed by atoms with Crippen molar-refractivity contribution < 1.29 is 24.5 Å². The summed E-state index contributed by atoms with van der Waals surface area (Å²) in [6.45, 7) is 5.13. The van der Waals surface area contributed by atoms with Crippen LogP contribution in [-0.4, -0.2) is 33.9 Å². The van der Waals surface area contributed by atoms with Gasteiger partial charge in [-0.15, -0.1) is 0 Å². The Morgan fingerprint density at radius 1 is 1.10 bits per heavy atom. The van der Waals surface area contributed by atoms with E-state index in [1.807, 2.05) is 72.8 Å². The number of nitrogens with one attached hydrogen (secondary N) is 3. The molecular formula is C31H34N4O5. The molecule has 2 atom stereocenters. The molecule has 2 aliphatic carbocycles. The molecule has 9 heteroatoms. The van der Waals surface area contributed by atoms with Gasteiger partial charge in [0.25, 0.3) is 0 Å². The lowest BCUT2D eigenvalue weighted by Gasteiger charge is -2.25. The maximum absolute atomic E-state index is 12.2. The summed E-state index contributed by atoms with van der Waals surface area (Å²) in [5, 5.41) is 30.5. The molecule has 9 nitrogen and oxygen atoms in total. The van der Waals surface area contributed by atoms with Crippen molar-refractivity contribution in [3.8, 4) is 0 Å². The second-order valence-corrected chi connectivity index (χ2v) is 10.7. The molecule has 208 valence electrons. The van der Waals surface area contributed by atoms with Crippen molar-refractivity contribution >= 4 is 23.5 Å². The first-order valence-corrected chi connectivity index (χ1v) is 13.1. The highest BCUT2D eigenvalue weighted by Crippen LogP contribution is 2.37. The molecule has 0 saturated heterocycles. The van der Waals surface area contributed by atoms with Crippen LogP contribution >= 0.6 is 0 Å². The molecule has 2 aliphatic rings. The van der Waals surface area contributed by atoms with Crippen LogP contribution in [0.25, 0.3) is 11.4 Å². The van der Waals surface area contributed by atoms with Gasteiger partial charge in [-0.3, -0.25) is 0 Å². The molecule has 0 heterocycles. The van der Waals surface area contributed by atoms with Crippen molar-refractivity contribution in [3.05, 3.63) is 106 Å². The summed E-state index contributed by atoms with van der Waals surface area (Å²) in [5.41, 5.74) is 13.0. The normalized spacial score (nSPS) is 19.4. The van der Waals surface area contributed by atoms with Gasteiger partial charge in [0.1, 0.15) is 17.3 Å². The molecule has 4 rings (SSSR count). The molecule has 0 radical (unpaired) electrons. The molecule has 2 aromatic carbocycles. The first kappa shape index (κ1) is 28.5. The Balaban J connectivity index is 1.65. The predicted octanol–water partition coefficient (Wildman–Crippen LogP) is 5.86. The number of hydrogen-bond acceptors (Lipinski definition) is 7. The molecule has 0 saturated carbocycles. The summed E-state index contributed by atoms with van der Waals surface area (Å²) in [7, 11) is 0. The minimum absolute atomic E-state index is 0.0684. The minimum Gasteiger partial charge on any atom is -0.480 e. The van der Waals surface area contributed by atoms with Crippen molar-refractivity contribution in [3.63, 3.8) is 0 Å². The van der Waals surface area contributed by atoms with Crippen molar-refractivity contribution in [2.45, 2.75) is 57.8 Å². The second-order valence-electron chi connectivity index (χ2n) is 10.7. The molecule has 2 aromatic rings. The number of aliphatic carboxylic acids is 1. The van der Waals surface area contributed by atoms with Crippen LogP contribution in [0.1, 0.15) is 62.0 Å². The molecule has 5 N–H and O–H groups in total. The number of carboxylic acid groups (broad SMARTS) is 1.